The molecule has 0 radical (unpaired) electrons. The molecular formula is C17H25ClN2O3. The van der Waals surface area contributed by atoms with Gasteiger partial charge in [-0.2, -0.15) is 0 Å². The number of esters is 1. The summed E-state index contributed by atoms with van der Waals surface area (Å²) in [6.07, 6.45) is 3.74. The van der Waals surface area contributed by atoms with Crippen LogP contribution in [0.5, 0.6) is 0 Å². The number of carbonyl (C=O) groups is 2. The van der Waals surface area contributed by atoms with E-state index in [4.69, 9.17) is 10.5 Å². The van der Waals surface area contributed by atoms with Crippen molar-refractivity contribution in [3.05, 3.63) is 29.3 Å². The van der Waals surface area contributed by atoms with Crippen molar-refractivity contribution in [2.75, 3.05) is 12.4 Å². The van der Waals surface area contributed by atoms with Crippen LogP contribution in [0.2, 0.25) is 0 Å². The Morgan fingerprint density at radius 1 is 1.35 bits per heavy atom. The number of aryl methyl sites for hydroxylation is 1. The molecule has 2 atom stereocenters. The number of hydrogen-bond donors (Lipinski definition) is 2. The van der Waals surface area contributed by atoms with E-state index in [9.17, 15) is 9.59 Å². The number of benzene rings is 1. The van der Waals surface area contributed by atoms with E-state index in [0.29, 0.717) is 11.3 Å². The van der Waals surface area contributed by atoms with Gasteiger partial charge in [-0.05, 0) is 44.4 Å². The van der Waals surface area contributed by atoms with E-state index in [1.165, 1.54) is 7.11 Å². The Morgan fingerprint density at radius 3 is 2.65 bits per heavy atom. The molecule has 0 heterocycles. The maximum Gasteiger partial charge on any atom is 0.337 e. The topological polar surface area (TPSA) is 81.4 Å². The smallest absolute Gasteiger partial charge is 0.337 e. The number of rotatable bonds is 3. The lowest BCUT2D eigenvalue weighted by atomic mass is 9.74. The monoisotopic (exact) mass is 340 g/mol. The highest BCUT2D eigenvalue weighted by atomic mass is 35.5. The van der Waals surface area contributed by atoms with Crippen LogP contribution in [0.15, 0.2) is 18.2 Å². The van der Waals surface area contributed by atoms with Crippen LogP contribution < -0.4 is 11.1 Å². The fraction of sp³-hybridized carbons (Fsp3) is 0.529. The van der Waals surface area contributed by atoms with Gasteiger partial charge in [0.05, 0.1) is 18.6 Å². The largest absolute Gasteiger partial charge is 0.465 e. The predicted molar refractivity (Wildman–Crippen MR) is 92.9 cm³/mol. The molecule has 1 aliphatic carbocycles. The van der Waals surface area contributed by atoms with E-state index in [-0.39, 0.29) is 24.2 Å². The van der Waals surface area contributed by atoms with Gasteiger partial charge in [0.15, 0.2) is 0 Å². The first-order chi connectivity index (χ1) is 10.3. The minimum absolute atomic E-state index is 0. The van der Waals surface area contributed by atoms with Gasteiger partial charge in [-0.1, -0.05) is 18.9 Å². The number of ether oxygens (including phenoxy) is 1. The highest BCUT2D eigenvalue weighted by molar-refractivity contribution is 5.96. The quantitative estimate of drug-likeness (QED) is 0.828. The molecule has 23 heavy (non-hydrogen) atoms. The maximum atomic E-state index is 12.6. The molecule has 1 saturated carbocycles. The van der Waals surface area contributed by atoms with Crippen molar-refractivity contribution < 1.29 is 14.3 Å². The van der Waals surface area contributed by atoms with E-state index < -0.39 is 11.5 Å². The molecule has 0 saturated heterocycles. The molecule has 0 aliphatic heterocycles. The average molecular weight is 341 g/mol. The van der Waals surface area contributed by atoms with Crippen molar-refractivity contribution in [1.82, 2.24) is 0 Å². The Morgan fingerprint density at radius 2 is 2.04 bits per heavy atom. The number of hydrogen-bond acceptors (Lipinski definition) is 4. The number of amides is 1. The van der Waals surface area contributed by atoms with Crippen LogP contribution in [-0.4, -0.2) is 24.5 Å². The second kappa shape index (κ2) is 7.79. The van der Waals surface area contributed by atoms with Crippen LogP contribution in [0.4, 0.5) is 5.69 Å². The van der Waals surface area contributed by atoms with E-state index in [2.05, 4.69) is 5.32 Å². The zero-order valence-corrected chi connectivity index (χ0v) is 14.7. The summed E-state index contributed by atoms with van der Waals surface area (Å²) in [5, 5.41) is 2.93. The molecule has 1 aromatic carbocycles. The number of anilines is 1. The lowest BCUT2D eigenvalue weighted by molar-refractivity contribution is -0.122. The highest BCUT2D eigenvalue weighted by Crippen LogP contribution is 2.32. The van der Waals surface area contributed by atoms with Crippen LogP contribution >= 0.6 is 12.4 Å². The predicted octanol–water partition coefficient (Wildman–Crippen LogP) is 3.05. The second-order valence-corrected chi connectivity index (χ2v) is 6.31. The normalized spacial score (nSPS) is 23.6. The molecule has 128 valence electrons. The van der Waals surface area contributed by atoms with Gasteiger partial charge in [-0.15, -0.1) is 12.4 Å². The SMILES string of the molecule is COC(=O)c1ccc(C)c(NC(=O)C2CCCCC2(C)N)c1.Cl. The van der Waals surface area contributed by atoms with Gasteiger partial charge in [-0.25, -0.2) is 4.79 Å². The van der Waals surface area contributed by atoms with Crippen molar-refractivity contribution in [1.29, 1.82) is 0 Å². The Hall–Kier alpha value is -1.59. The first-order valence-electron chi connectivity index (χ1n) is 7.64. The highest BCUT2D eigenvalue weighted by Gasteiger charge is 2.37. The summed E-state index contributed by atoms with van der Waals surface area (Å²) in [5.41, 5.74) is 7.75. The number of halogens is 1. The zero-order chi connectivity index (χ0) is 16.3. The number of nitrogens with two attached hydrogens (primary N) is 1. The lowest BCUT2D eigenvalue weighted by Gasteiger charge is -2.37. The fourth-order valence-corrected chi connectivity index (χ4v) is 3.01. The van der Waals surface area contributed by atoms with Crippen LogP contribution in [-0.2, 0) is 9.53 Å². The zero-order valence-electron chi connectivity index (χ0n) is 13.8. The summed E-state index contributed by atoms with van der Waals surface area (Å²) in [6, 6.07) is 5.13. The maximum absolute atomic E-state index is 12.6. The van der Waals surface area contributed by atoms with E-state index in [1.54, 1.807) is 18.2 Å². The Balaban J connectivity index is 0.00000264. The third-order valence-corrected chi connectivity index (χ3v) is 4.49. The Bertz CT molecular complexity index is 587. The van der Waals surface area contributed by atoms with Crippen LogP contribution in [0.3, 0.4) is 0 Å². The molecule has 2 unspecified atom stereocenters. The minimum atomic E-state index is -0.476. The van der Waals surface area contributed by atoms with E-state index >= 15 is 0 Å². The summed E-state index contributed by atoms with van der Waals surface area (Å²) in [7, 11) is 1.34. The summed E-state index contributed by atoms with van der Waals surface area (Å²) >= 11 is 0. The third-order valence-electron chi connectivity index (χ3n) is 4.49. The lowest BCUT2D eigenvalue weighted by Crippen LogP contribution is -2.51. The van der Waals surface area contributed by atoms with E-state index in [1.807, 2.05) is 13.8 Å². The fourth-order valence-electron chi connectivity index (χ4n) is 3.01. The number of methoxy groups -OCH3 is 1. The van der Waals surface area contributed by atoms with Gasteiger partial charge in [0.25, 0.3) is 0 Å². The summed E-state index contributed by atoms with van der Waals surface area (Å²) in [4.78, 5) is 24.2. The van der Waals surface area contributed by atoms with Crippen molar-refractivity contribution in [2.24, 2.45) is 11.7 Å². The number of carbonyl (C=O) groups excluding carboxylic acids is 2. The van der Waals surface area contributed by atoms with Gasteiger partial charge in [0, 0.05) is 11.2 Å². The first-order valence-corrected chi connectivity index (χ1v) is 7.64. The Labute approximate surface area is 143 Å². The number of nitrogens with one attached hydrogen (secondary N) is 1. The first kappa shape index (κ1) is 19.5. The molecule has 5 nitrogen and oxygen atoms in total. The molecule has 2 rings (SSSR count). The summed E-state index contributed by atoms with van der Waals surface area (Å²) < 4.78 is 4.71. The molecule has 1 fully saturated rings. The molecule has 1 aromatic rings. The van der Waals surface area contributed by atoms with Crippen molar-refractivity contribution in [3.8, 4) is 0 Å². The molecular weight excluding hydrogens is 316 g/mol. The minimum Gasteiger partial charge on any atom is -0.465 e. The van der Waals surface area contributed by atoms with Gasteiger partial charge in [0.1, 0.15) is 0 Å². The van der Waals surface area contributed by atoms with Crippen molar-refractivity contribution >= 4 is 30.0 Å². The summed E-state index contributed by atoms with van der Waals surface area (Å²) in [6.45, 7) is 3.83. The van der Waals surface area contributed by atoms with Gasteiger partial charge >= 0.3 is 5.97 Å². The second-order valence-electron chi connectivity index (χ2n) is 6.31. The Kier molecular flexibility index (Phi) is 6.59. The molecule has 0 bridgehead atoms. The molecule has 3 N–H and O–H groups in total. The van der Waals surface area contributed by atoms with Gasteiger partial charge < -0.3 is 15.8 Å². The van der Waals surface area contributed by atoms with Gasteiger partial charge in [0.2, 0.25) is 5.91 Å². The molecule has 1 amide bonds. The van der Waals surface area contributed by atoms with Crippen LogP contribution in [0.25, 0.3) is 0 Å². The standard InChI is InChI=1S/C17H24N2O3.ClH/c1-11-7-8-12(16(21)22-3)10-14(11)19-15(20)13-6-4-5-9-17(13,2)18;/h7-8,10,13H,4-6,9,18H2,1-3H3,(H,19,20);1H. The molecule has 0 aromatic heterocycles. The molecule has 1 aliphatic rings. The van der Waals surface area contributed by atoms with Crippen LogP contribution in [0.1, 0.15) is 48.5 Å². The average Bonchev–Trinajstić information content (AvgIpc) is 2.48. The van der Waals surface area contributed by atoms with Gasteiger partial charge in [-0.3, -0.25) is 4.79 Å². The third kappa shape index (κ3) is 4.45. The molecule has 6 heteroatoms. The van der Waals surface area contributed by atoms with Crippen molar-refractivity contribution in [3.63, 3.8) is 0 Å². The van der Waals surface area contributed by atoms with Crippen molar-refractivity contribution in [2.45, 2.75) is 45.1 Å². The van der Waals surface area contributed by atoms with Crippen LogP contribution in [0, 0.1) is 12.8 Å². The molecule has 0 spiro atoms. The van der Waals surface area contributed by atoms with E-state index in [0.717, 1.165) is 31.2 Å². The summed E-state index contributed by atoms with van der Waals surface area (Å²) in [5.74, 6) is -0.700.